The predicted octanol–water partition coefficient (Wildman–Crippen LogP) is 6.56. The molecule has 0 saturated heterocycles. The number of aromatic nitrogens is 3. The van der Waals surface area contributed by atoms with E-state index in [2.05, 4.69) is 25.3 Å². The van der Waals surface area contributed by atoms with Gasteiger partial charge in [0.25, 0.3) is 0 Å². The Bertz CT molecular complexity index is 1720. The smallest absolute Gasteiger partial charge is 0.497 e. The van der Waals surface area contributed by atoms with Crippen molar-refractivity contribution in [1.82, 2.24) is 20.2 Å². The van der Waals surface area contributed by atoms with Crippen LogP contribution in [0.1, 0.15) is 23.6 Å². The van der Waals surface area contributed by atoms with E-state index in [0.29, 0.717) is 28.0 Å². The number of hydrogen-bond acceptors (Lipinski definition) is 11. The second-order valence-electron chi connectivity index (χ2n) is 10.5. The summed E-state index contributed by atoms with van der Waals surface area (Å²) in [4.78, 5) is 21.5. The maximum absolute atomic E-state index is 12.5. The molecule has 4 aromatic rings. The van der Waals surface area contributed by atoms with Crippen molar-refractivity contribution in [3.63, 3.8) is 0 Å². The third-order valence-corrected chi connectivity index (χ3v) is 7.34. The Morgan fingerprint density at radius 3 is 2.37 bits per heavy atom. The predicted molar refractivity (Wildman–Crippen MR) is 179 cm³/mol. The van der Waals surface area contributed by atoms with Crippen LogP contribution in [-0.4, -0.2) is 72.0 Å². The number of carbonyl (C=O) groups is 1. The van der Waals surface area contributed by atoms with Gasteiger partial charge in [-0.25, -0.2) is 14.7 Å². The first kappa shape index (κ1) is 36.9. The summed E-state index contributed by atoms with van der Waals surface area (Å²) in [7, 11) is 3.10. The summed E-state index contributed by atoms with van der Waals surface area (Å²) in [5, 5.41) is 9.17. The maximum atomic E-state index is 12.5. The highest BCUT2D eigenvalue weighted by Gasteiger charge is 2.31. The molecule has 1 heterocycles. The van der Waals surface area contributed by atoms with E-state index in [1.165, 1.54) is 54.1 Å². The van der Waals surface area contributed by atoms with E-state index in [-0.39, 0.29) is 25.1 Å². The molecular formula is C33H35F3N6O6S. The van der Waals surface area contributed by atoms with E-state index < -0.39 is 18.2 Å². The SMILES string of the molecule is COCOCC(C)C(=O)OCSC(=Nc1c(C)cc(OC)cc1C)N/N=C\c1ccc(-c2ncn(-c3ccc(OC(F)(F)F)cc3)n2)cc1. The first-order valence-electron chi connectivity index (χ1n) is 14.7. The number of carbonyl (C=O) groups excluding carboxylic acids is 1. The monoisotopic (exact) mass is 700 g/mol. The number of nitrogens with zero attached hydrogens (tertiary/aromatic N) is 5. The Morgan fingerprint density at radius 1 is 1.04 bits per heavy atom. The summed E-state index contributed by atoms with van der Waals surface area (Å²) in [5.74, 6) is -0.105. The second kappa shape index (κ2) is 17.5. The third-order valence-electron chi connectivity index (χ3n) is 6.65. The van der Waals surface area contributed by atoms with E-state index in [1.807, 2.05) is 50.2 Å². The van der Waals surface area contributed by atoms with Gasteiger partial charge in [-0.1, -0.05) is 24.3 Å². The minimum Gasteiger partial charge on any atom is -0.497 e. The van der Waals surface area contributed by atoms with Gasteiger partial charge in [-0.2, -0.15) is 5.10 Å². The quantitative estimate of drug-likeness (QED) is 0.0386. The van der Waals surface area contributed by atoms with E-state index in [9.17, 15) is 18.0 Å². The summed E-state index contributed by atoms with van der Waals surface area (Å²) >= 11 is 1.17. The lowest BCUT2D eigenvalue weighted by atomic mass is 10.1. The summed E-state index contributed by atoms with van der Waals surface area (Å²) in [6.07, 6.45) is -1.70. The van der Waals surface area contributed by atoms with E-state index in [1.54, 1.807) is 20.2 Å². The maximum Gasteiger partial charge on any atom is 0.573 e. The highest BCUT2D eigenvalue weighted by Crippen LogP contribution is 2.30. The van der Waals surface area contributed by atoms with Crippen molar-refractivity contribution in [3.8, 4) is 28.6 Å². The number of nitrogens with one attached hydrogen (secondary N) is 1. The number of amidine groups is 1. The molecule has 0 aliphatic heterocycles. The number of alkyl halides is 3. The van der Waals surface area contributed by atoms with Crippen LogP contribution in [0.15, 0.2) is 77.1 Å². The molecule has 49 heavy (non-hydrogen) atoms. The molecule has 0 saturated carbocycles. The minimum absolute atomic E-state index is 0.0110. The summed E-state index contributed by atoms with van der Waals surface area (Å²) < 4.78 is 63.6. The molecule has 1 N–H and O–H groups in total. The lowest BCUT2D eigenvalue weighted by Crippen LogP contribution is -2.21. The van der Waals surface area contributed by atoms with Crippen molar-refractivity contribution in [2.75, 3.05) is 33.6 Å². The highest BCUT2D eigenvalue weighted by molar-refractivity contribution is 8.13. The van der Waals surface area contributed by atoms with Gasteiger partial charge < -0.3 is 23.7 Å². The van der Waals surface area contributed by atoms with E-state index in [4.69, 9.17) is 23.9 Å². The molecule has 1 atom stereocenters. The van der Waals surface area contributed by atoms with Crippen LogP contribution in [-0.2, 0) is 19.0 Å². The molecule has 3 aromatic carbocycles. The van der Waals surface area contributed by atoms with E-state index >= 15 is 0 Å². The fraction of sp³-hybridized carbons (Fsp3) is 0.303. The van der Waals surface area contributed by atoms with Gasteiger partial charge in [0.15, 0.2) is 11.0 Å². The fourth-order valence-corrected chi connectivity index (χ4v) is 4.82. The number of thioether (sulfide) groups is 1. The average Bonchev–Trinajstić information content (AvgIpc) is 3.56. The number of hydrazone groups is 1. The zero-order chi connectivity index (χ0) is 35.4. The molecule has 0 fully saturated rings. The van der Waals surface area contributed by atoms with Crippen molar-refractivity contribution >= 4 is 34.8 Å². The number of aryl methyl sites for hydroxylation is 2. The van der Waals surface area contributed by atoms with Crippen LogP contribution in [0.2, 0.25) is 0 Å². The van der Waals surface area contributed by atoms with Crippen molar-refractivity contribution in [3.05, 3.63) is 83.7 Å². The Hall–Kier alpha value is -4.93. The molecule has 0 aliphatic carbocycles. The van der Waals surface area contributed by atoms with Gasteiger partial charge in [0, 0.05) is 12.7 Å². The molecule has 1 aromatic heterocycles. The number of methoxy groups -OCH3 is 2. The van der Waals surface area contributed by atoms with Crippen molar-refractivity contribution < 1.29 is 41.7 Å². The van der Waals surface area contributed by atoms with Crippen LogP contribution in [0.5, 0.6) is 11.5 Å². The molecule has 0 radical (unpaired) electrons. The molecule has 0 bridgehead atoms. The molecule has 0 spiro atoms. The molecule has 4 rings (SSSR count). The van der Waals surface area contributed by atoms with Crippen molar-refractivity contribution in [2.24, 2.45) is 16.0 Å². The first-order chi connectivity index (χ1) is 23.5. The number of esters is 1. The molecule has 1 unspecified atom stereocenters. The van der Waals surface area contributed by atoms with Gasteiger partial charge in [-0.05, 0) is 85.6 Å². The van der Waals surface area contributed by atoms with Gasteiger partial charge in [0.2, 0.25) is 0 Å². The van der Waals surface area contributed by atoms with Gasteiger partial charge >= 0.3 is 12.3 Å². The van der Waals surface area contributed by atoms with Crippen LogP contribution in [0, 0.1) is 19.8 Å². The van der Waals surface area contributed by atoms with Gasteiger partial charge in [0.1, 0.15) is 30.6 Å². The first-order valence-corrected chi connectivity index (χ1v) is 15.7. The largest absolute Gasteiger partial charge is 0.573 e. The van der Waals surface area contributed by atoms with Crippen LogP contribution < -0.4 is 14.9 Å². The zero-order valence-electron chi connectivity index (χ0n) is 27.4. The number of aliphatic imine (C=N–C) groups is 1. The third kappa shape index (κ3) is 11.3. The summed E-state index contributed by atoms with van der Waals surface area (Å²) in [6.45, 7) is 5.80. The zero-order valence-corrected chi connectivity index (χ0v) is 28.2. The number of hydrogen-bond donors (Lipinski definition) is 1. The molecule has 12 nitrogen and oxygen atoms in total. The van der Waals surface area contributed by atoms with Crippen LogP contribution in [0.25, 0.3) is 17.1 Å². The van der Waals surface area contributed by atoms with Crippen LogP contribution in [0.4, 0.5) is 18.9 Å². The molecule has 0 aliphatic rings. The van der Waals surface area contributed by atoms with Gasteiger partial charge in [-0.3, -0.25) is 10.2 Å². The number of benzene rings is 3. The highest BCUT2D eigenvalue weighted by atomic mass is 32.2. The van der Waals surface area contributed by atoms with Gasteiger partial charge in [-0.15, -0.1) is 18.3 Å². The Morgan fingerprint density at radius 2 is 1.73 bits per heavy atom. The Kier molecular flexibility index (Phi) is 13.1. The molecule has 0 amide bonds. The standard InChI is InChI=1S/C33H35F3N6O6S/c1-21-14-28(45-5)15-22(2)29(21)39-32(49-20-47-31(43)23(3)17-46-19-44-4)40-38-16-24-6-8-25(9-7-24)30-37-18-42(41-30)26-10-12-27(13-11-26)48-33(34,35)36/h6-16,18,23H,17,19-20H2,1-5H3,(H,39,40)/b38-16-. The fourth-order valence-electron chi connectivity index (χ4n) is 4.26. The Balaban J connectivity index is 1.42. The molecule has 16 heteroatoms. The normalized spacial score (nSPS) is 12.6. The number of rotatable bonds is 14. The summed E-state index contributed by atoms with van der Waals surface area (Å²) in [6, 6.07) is 16.3. The topological polar surface area (TPSA) is 131 Å². The van der Waals surface area contributed by atoms with Crippen LogP contribution >= 0.6 is 11.8 Å². The lowest BCUT2D eigenvalue weighted by molar-refractivity contribution is -0.274. The van der Waals surface area contributed by atoms with E-state index in [0.717, 1.165) is 22.4 Å². The average molecular weight is 701 g/mol. The summed E-state index contributed by atoms with van der Waals surface area (Å²) in [5.41, 5.74) is 7.44. The lowest BCUT2D eigenvalue weighted by Gasteiger charge is -2.13. The minimum atomic E-state index is -4.77. The van der Waals surface area contributed by atoms with Gasteiger partial charge in [0.05, 0.1) is 37.2 Å². The van der Waals surface area contributed by atoms with Crippen molar-refractivity contribution in [1.29, 1.82) is 0 Å². The molecular weight excluding hydrogens is 665 g/mol. The number of ether oxygens (including phenoxy) is 5. The molecule has 260 valence electrons. The Labute approximate surface area is 285 Å². The van der Waals surface area contributed by atoms with Crippen LogP contribution in [0.3, 0.4) is 0 Å². The van der Waals surface area contributed by atoms with Crippen molar-refractivity contribution in [2.45, 2.75) is 27.1 Å². The number of halogens is 3. The second-order valence-corrected chi connectivity index (χ2v) is 11.4.